The molecule has 1 aromatic rings. The van der Waals surface area contributed by atoms with Gasteiger partial charge in [-0.15, -0.1) is 0 Å². The van der Waals surface area contributed by atoms with E-state index in [9.17, 15) is 14.4 Å². The standard InChI is InChI=1S/C15H22N6O3S/c1-15(2,3)11-17-12(25-19-11)18-14(24)20-5-4-9(7-20)8-21-10(22)6-16-13(21)23/h9H,4-8H2,1-3H3,(H,16,23)(H,17,18,19,24). The van der Waals surface area contributed by atoms with E-state index in [1.165, 1.54) is 16.4 Å². The van der Waals surface area contributed by atoms with Gasteiger partial charge in [-0.2, -0.15) is 4.37 Å². The number of urea groups is 2. The molecule has 2 N–H and O–H groups in total. The summed E-state index contributed by atoms with van der Waals surface area (Å²) in [5.41, 5.74) is -0.166. The zero-order valence-electron chi connectivity index (χ0n) is 14.5. The van der Waals surface area contributed by atoms with Crippen molar-refractivity contribution in [2.45, 2.75) is 32.6 Å². The molecule has 1 aromatic heterocycles. The molecule has 3 heterocycles. The second kappa shape index (κ2) is 6.58. The lowest BCUT2D eigenvalue weighted by molar-refractivity contribution is -0.125. The molecule has 25 heavy (non-hydrogen) atoms. The van der Waals surface area contributed by atoms with Crippen molar-refractivity contribution in [2.24, 2.45) is 5.92 Å². The highest BCUT2D eigenvalue weighted by molar-refractivity contribution is 7.09. The van der Waals surface area contributed by atoms with Gasteiger partial charge in [0.05, 0.1) is 6.54 Å². The predicted molar refractivity (Wildman–Crippen MR) is 92.4 cm³/mol. The summed E-state index contributed by atoms with van der Waals surface area (Å²) in [5.74, 6) is 0.584. The van der Waals surface area contributed by atoms with Crippen molar-refractivity contribution in [3.63, 3.8) is 0 Å². The summed E-state index contributed by atoms with van der Waals surface area (Å²) >= 11 is 1.17. The molecule has 1 unspecified atom stereocenters. The van der Waals surface area contributed by atoms with E-state index in [0.717, 1.165) is 6.42 Å². The molecule has 9 nitrogen and oxygen atoms in total. The Kier molecular flexibility index (Phi) is 4.63. The van der Waals surface area contributed by atoms with Crippen LogP contribution in [0.25, 0.3) is 0 Å². The number of amides is 5. The summed E-state index contributed by atoms with van der Waals surface area (Å²) in [7, 11) is 0. The lowest BCUT2D eigenvalue weighted by Gasteiger charge is -2.19. The molecule has 2 saturated heterocycles. The summed E-state index contributed by atoms with van der Waals surface area (Å²) in [6.45, 7) is 7.55. The maximum atomic E-state index is 12.4. The Hall–Kier alpha value is -2.23. The quantitative estimate of drug-likeness (QED) is 0.783. The average Bonchev–Trinajstić information content (AvgIpc) is 3.23. The van der Waals surface area contributed by atoms with Gasteiger partial charge in [0.2, 0.25) is 11.0 Å². The van der Waals surface area contributed by atoms with Crippen molar-refractivity contribution in [3.05, 3.63) is 5.82 Å². The highest BCUT2D eigenvalue weighted by Gasteiger charge is 2.34. The van der Waals surface area contributed by atoms with Crippen LogP contribution in [-0.2, 0) is 10.2 Å². The van der Waals surface area contributed by atoms with Gasteiger partial charge in [-0.3, -0.25) is 15.0 Å². The molecular weight excluding hydrogens is 344 g/mol. The van der Waals surface area contributed by atoms with E-state index in [2.05, 4.69) is 20.0 Å². The lowest BCUT2D eigenvalue weighted by atomic mass is 9.96. The maximum Gasteiger partial charge on any atom is 0.324 e. The van der Waals surface area contributed by atoms with Crippen molar-refractivity contribution < 1.29 is 14.4 Å². The second-order valence-corrected chi connectivity index (χ2v) is 8.12. The Balaban J connectivity index is 1.53. The van der Waals surface area contributed by atoms with E-state index in [4.69, 9.17) is 0 Å². The van der Waals surface area contributed by atoms with Gasteiger partial charge in [0.25, 0.3) is 0 Å². The molecule has 2 aliphatic rings. The first kappa shape index (κ1) is 17.6. The normalized spacial score (nSPS) is 21.0. The van der Waals surface area contributed by atoms with E-state index >= 15 is 0 Å². The summed E-state index contributed by atoms with van der Waals surface area (Å²) in [4.78, 5) is 42.9. The number of imide groups is 1. The van der Waals surface area contributed by atoms with Crippen LogP contribution >= 0.6 is 11.5 Å². The molecular formula is C15H22N6O3S. The molecule has 0 spiro atoms. The van der Waals surface area contributed by atoms with Crippen LogP contribution in [0.2, 0.25) is 0 Å². The third kappa shape index (κ3) is 3.89. The van der Waals surface area contributed by atoms with Gasteiger partial charge in [-0.25, -0.2) is 14.6 Å². The van der Waals surface area contributed by atoms with Crippen molar-refractivity contribution in [1.82, 2.24) is 24.5 Å². The fourth-order valence-electron chi connectivity index (χ4n) is 2.81. The molecule has 0 aliphatic carbocycles. The van der Waals surface area contributed by atoms with Crippen LogP contribution in [-0.4, -0.2) is 63.3 Å². The minimum absolute atomic E-state index is 0.0584. The van der Waals surface area contributed by atoms with Crippen molar-refractivity contribution in [2.75, 3.05) is 31.5 Å². The van der Waals surface area contributed by atoms with Crippen LogP contribution in [0.15, 0.2) is 0 Å². The second-order valence-electron chi connectivity index (χ2n) is 7.37. The van der Waals surface area contributed by atoms with Crippen LogP contribution in [0.3, 0.4) is 0 Å². The minimum Gasteiger partial charge on any atom is -0.329 e. The van der Waals surface area contributed by atoms with Crippen LogP contribution in [0.1, 0.15) is 33.0 Å². The fourth-order valence-corrected chi connectivity index (χ4v) is 3.56. The zero-order valence-corrected chi connectivity index (χ0v) is 15.4. The van der Waals surface area contributed by atoms with Gasteiger partial charge >= 0.3 is 12.1 Å². The molecule has 0 aromatic carbocycles. The Morgan fingerprint density at radius 1 is 1.40 bits per heavy atom. The molecule has 0 saturated carbocycles. The summed E-state index contributed by atoms with van der Waals surface area (Å²) < 4.78 is 4.28. The molecule has 0 radical (unpaired) electrons. The van der Waals surface area contributed by atoms with E-state index in [1.54, 1.807) is 4.90 Å². The highest BCUT2D eigenvalue weighted by Crippen LogP contribution is 2.24. The maximum absolute atomic E-state index is 12.4. The molecule has 5 amide bonds. The van der Waals surface area contributed by atoms with E-state index in [1.807, 2.05) is 20.8 Å². The molecule has 136 valence electrons. The van der Waals surface area contributed by atoms with Gasteiger partial charge in [0.1, 0.15) is 5.82 Å². The van der Waals surface area contributed by atoms with Gasteiger partial charge in [0.15, 0.2) is 0 Å². The molecule has 2 fully saturated rings. The first-order valence-electron chi connectivity index (χ1n) is 8.22. The Labute approximate surface area is 149 Å². The van der Waals surface area contributed by atoms with Crippen molar-refractivity contribution in [3.8, 4) is 0 Å². The van der Waals surface area contributed by atoms with Gasteiger partial charge in [-0.1, -0.05) is 20.8 Å². The lowest BCUT2D eigenvalue weighted by Crippen LogP contribution is -2.38. The number of hydrogen-bond acceptors (Lipinski definition) is 6. The number of nitrogens with one attached hydrogen (secondary N) is 2. The number of nitrogens with zero attached hydrogens (tertiary/aromatic N) is 4. The first-order valence-corrected chi connectivity index (χ1v) is 8.99. The summed E-state index contributed by atoms with van der Waals surface area (Å²) in [6, 6.07) is -0.576. The third-order valence-corrected chi connectivity index (χ3v) is 4.89. The first-order chi connectivity index (χ1) is 11.7. The van der Waals surface area contributed by atoms with Crippen molar-refractivity contribution in [1.29, 1.82) is 0 Å². The Morgan fingerprint density at radius 2 is 2.16 bits per heavy atom. The van der Waals surface area contributed by atoms with E-state index in [0.29, 0.717) is 30.6 Å². The summed E-state index contributed by atoms with van der Waals surface area (Å²) in [5, 5.41) is 5.76. The van der Waals surface area contributed by atoms with Crippen molar-refractivity contribution >= 4 is 34.6 Å². The van der Waals surface area contributed by atoms with Crippen LogP contribution in [0, 0.1) is 5.92 Å². The van der Waals surface area contributed by atoms with Gasteiger partial charge < -0.3 is 10.2 Å². The average molecular weight is 366 g/mol. The summed E-state index contributed by atoms with van der Waals surface area (Å²) in [6.07, 6.45) is 0.758. The van der Waals surface area contributed by atoms with E-state index < -0.39 is 0 Å². The molecule has 1 atom stereocenters. The Bertz CT molecular complexity index is 682. The highest BCUT2D eigenvalue weighted by atomic mass is 32.1. The third-order valence-electron chi connectivity index (χ3n) is 4.26. The topological polar surface area (TPSA) is 108 Å². The fraction of sp³-hybridized carbons (Fsp3) is 0.667. The SMILES string of the molecule is CC(C)(C)c1nsc(NC(=O)N2CCC(CN3C(=O)CNC3=O)C2)n1. The largest absolute Gasteiger partial charge is 0.329 e. The number of hydrogen-bond donors (Lipinski definition) is 2. The molecule has 3 rings (SSSR count). The number of carbonyl (C=O) groups excluding carboxylic acids is 3. The zero-order chi connectivity index (χ0) is 18.2. The number of anilines is 1. The number of aromatic nitrogens is 2. The van der Waals surface area contributed by atoms with Crippen LogP contribution in [0.4, 0.5) is 14.7 Å². The predicted octanol–water partition coefficient (Wildman–Crippen LogP) is 1.24. The van der Waals surface area contributed by atoms with Gasteiger partial charge in [-0.05, 0) is 12.3 Å². The molecule has 2 aliphatic heterocycles. The molecule has 0 bridgehead atoms. The van der Waals surface area contributed by atoms with Crippen LogP contribution < -0.4 is 10.6 Å². The number of rotatable bonds is 3. The minimum atomic E-state index is -0.350. The number of carbonyl (C=O) groups is 3. The number of likely N-dealkylation sites (tertiary alicyclic amines) is 1. The monoisotopic (exact) mass is 366 g/mol. The Morgan fingerprint density at radius 3 is 2.76 bits per heavy atom. The van der Waals surface area contributed by atoms with E-state index in [-0.39, 0.29) is 35.8 Å². The van der Waals surface area contributed by atoms with Gasteiger partial charge in [0, 0.05) is 36.6 Å². The smallest absolute Gasteiger partial charge is 0.324 e. The molecule has 10 heteroatoms. The van der Waals surface area contributed by atoms with Crippen LogP contribution in [0.5, 0.6) is 0 Å².